The molecule has 1 aliphatic rings. The Morgan fingerprint density at radius 3 is 2.40 bits per heavy atom. The predicted molar refractivity (Wildman–Crippen MR) is 207 cm³/mol. The molecule has 6 rings (SSSR count). The molecule has 48 heavy (non-hydrogen) atoms. The monoisotopic (exact) mass is 895 g/mol. The van der Waals surface area contributed by atoms with Crippen LogP contribution in [0.2, 0.25) is 0 Å². The van der Waals surface area contributed by atoms with E-state index < -0.39 is 12.0 Å². The zero-order chi connectivity index (χ0) is 33.8. The second-order valence-electron chi connectivity index (χ2n) is 10.6. The highest BCUT2D eigenvalue weighted by Crippen LogP contribution is 2.36. The van der Waals surface area contributed by atoms with Gasteiger partial charge in [0.2, 0.25) is 0 Å². The van der Waals surface area contributed by atoms with Crippen LogP contribution in [-0.4, -0.2) is 23.4 Å². The van der Waals surface area contributed by atoms with E-state index in [-0.39, 0.29) is 18.8 Å². The maximum Gasteiger partial charge on any atom is 0.338 e. The van der Waals surface area contributed by atoms with Gasteiger partial charge in [-0.25, -0.2) is 9.79 Å². The molecule has 0 unspecified atom stereocenters. The topological polar surface area (TPSA) is 93.7 Å². The molecule has 0 aliphatic carbocycles. The van der Waals surface area contributed by atoms with Crippen molar-refractivity contribution in [3.63, 3.8) is 0 Å². The highest BCUT2D eigenvalue weighted by atomic mass is 127. The van der Waals surface area contributed by atoms with Crippen molar-refractivity contribution in [2.45, 2.75) is 24.5 Å². The van der Waals surface area contributed by atoms with Gasteiger partial charge in [-0.2, -0.15) is 5.26 Å². The highest BCUT2D eigenvalue weighted by molar-refractivity contribution is 14.1. The molecule has 11 heteroatoms. The smallest absolute Gasteiger partial charge is 0.338 e. The number of rotatable bonds is 9. The largest absolute Gasteiger partial charge is 0.487 e. The number of carbonyl (C=O) groups excluding carboxylic acids is 1. The fourth-order valence-corrected chi connectivity index (χ4v) is 8.94. The molecule has 1 aromatic heterocycles. The molecule has 1 atom stereocenters. The van der Waals surface area contributed by atoms with Gasteiger partial charge in [0, 0.05) is 16.0 Å². The number of nitriles is 1. The maximum absolute atomic E-state index is 14.3. The van der Waals surface area contributed by atoms with Crippen LogP contribution in [0.3, 0.4) is 0 Å². The lowest BCUT2D eigenvalue weighted by atomic mass is 9.93. The number of hydrogen-bond acceptors (Lipinski definition) is 8. The molecular formula is C37H27I2N3O4S2. The van der Waals surface area contributed by atoms with Crippen molar-refractivity contribution in [2.75, 3.05) is 12.9 Å². The van der Waals surface area contributed by atoms with Crippen molar-refractivity contribution in [1.29, 1.82) is 5.26 Å². The summed E-state index contributed by atoms with van der Waals surface area (Å²) in [5, 5.41) is 9.45. The van der Waals surface area contributed by atoms with Gasteiger partial charge in [0.15, 0.2) is 4.80 Å². The van der Waals surface area contributed by atoms with Crippen molar-refractivity contribution in [3.05, 3.63) is 151 Å². The second-order valence-corrected chi connectivity index (χ2v) is 14.8. The summed E-state index contributed by atoms with van der Waals surface area (Å²) in [7, 11) is 0. The second kappa shape index (κ2) is 15.2. The first kappa shape index (κ1) is 34.2. The molecule has 7 nitrogen and oxygen atoms in total. The molecular weight excluding hydrogens is 868 g/mol. The number of thioether (sulfide) groups is 1. The van der Waals surface area contributed by atoms with Crippen molar-refractivity contribution in [3.8, 4) is 11.8 Å². The molecule has 1 aliphatic heterocycles. The van der Waals surface area contributed by atoms with E-state index in [9.17, 15) is 14.9 Å². The van der Waals surface area contributed by atoms with Gasteiger partial charge >= 0.3 is 5.97 Å². The zero-order valence-electron chi connectivity index (χ0n) is 25.8. The molecule has 0 saturated heterocycles. The minimum Gasteiger partial charge on any atom is -0.487 e. The third kappa shape index (κ3) is 7.03. The summed E-state index contributed by atoms with van der Waals surface area (Å²) in [4.78, 5) is 34.5. The predicted octanol–water partition coefficient (Wildman–Crippen LogP) is 7.32. The molecule has 0 N–H and O–H groups in total. The Morgan fingerprint density at radius 1 is 1.04 bits per heavy atom. The molecule has 240 valence electrons. The first-order chi connectivity index (χ1) is 23.3. The summed E-state index contributed by atoms with van der Waals surface area (Å²) in [6, 6.07) is 30.2. The van der Waals surface area contributed by atoms with Crippen LogP contribution in [0.15, 0.2) is 111 Å². The van der Waals surface area contributed by atoms with Gasteiger partial charge in [-0.3, -0.25) is 9.36 Å². The van der Waals surface area contributed by atoms with E-state index in [4.69, 9.17) is 14.5 Å². The van der Waals surface area contributed by atoms with Crippen LogP contribution in [0.4, 0.5) is 0 Å². The minimum absolute atomic E-state index is 0.189. The number of esters is 1. The number of hydrogen-bond donors (Lipinski definition) is 0. The first-order valence-corrected chi connectivity index (χ1v) is 19.0. The number of thiazole rings is 1. The molecule has 0 amide bonds. The van der Waals surface area contributed by atoms with Crippen molar-refractivity contribution >= 4 is 86.0 Å². The van der Waals surface area contributed by atoms with Crippen LogP contribution in [0.1, 0.15) is 40.8 Å². The fraction of sp³-hybridized carbons (Fsp3) is 0.135. The molecule has 0 saturated carbocycles. The normalized spacial score (nSPS) is 14.2. The van der Waals surface area contributed by atoms with Crippen LogP contribution in [0.5, 0.6) is 5.75 Å². The van der Waals surface area contributed by atoms with Crippen molar-refractivity contribution in [2.24, 2.45) is 4.99 Å². The Kier molecular flexibility index (Phi) is 10.8. The average molecular weight is 896 g/mol. The van der Waals surface area contributed by atoms with E-state index in [2.05, 4.69) is 51.3 Å². The van der Waals surface area contributed by atoms with Crippen LogP contribution < -0.4 is 19.6 Å². The summed E-state index contributed by atoms with van der Waals surface area (Å²) in [5.41, 5.74) is 4.34. The maximum atomic E-state index is 14.3. The fourth-order valence-electron chi connectivity index (χ4n) is 5.40. The quantitative estimate of drug-likeness (QED) is 0.0876. The molecule has 0 spiro atoms. The van der Waals surface area contributed by atoms with Gasteiger partial charge in [-0.15, -0.1) is 11.8 Å². The van der Waals surface area contributed by atoms with E-state index in [0.717, 1.165) is 34.3 Å². The van der Waals surface area contributed by atoms with E-state index in [1.54, 1.807) is 29.3 Å². The Balaban J connectivity index is 1.47. The summed E-state index contributed by atoms with van der Waals surface area (Å²) in [5.74, 6) is 0.202. The molecule has 2 heterocycles. The van der Waals surface area contributed by atoms with E-state index in [1.807, 2.05) is 97.3 Å². The third-order valence-electron chi connectivity index (χ3n) is 7.63. The first-order valence-electron chi connectivity index (χ1n) is 14.8. The Hall–Kier alpha value is -3.71. The minimum atomic E-state index is -0.735. The Morgan fingerprint density at radius 2 is 1.73 bits per heavy atom. The zero-order valence-corrected chi connectivity index (χ0v) is 31.7. The van der Waals surface area contributed by atoms with Crippen molar-refractivity contribution in [1.82, 2.24) is 4.57 Å². The lowest BCUT2D eigenvalue weighted by Gasteiger charge is -2.26. The van der Waals surface area contributed by atoms with Crippen LogP contribution in [0.25, 0.3) is 11.8 Å². The van der Waals surface area contributed by atoms with Gasteiger partial charge in [-0.1, -0.05) is 72.0 Å². The Labute approximate surface area is 312 Å². The third-order valence-corrected chi connectivity index (χ3v) is 11.0. The lowest BCUT2D eigenvalue weighted by Crippen LogP contribution is -2.40. The number of benzene rings is 4. The molecule has 0 radical (unpaired) electrons. The lowest BCUT2D eigenvalue weighted by molar-refractivity contribution is -0.138. The number of aromatic nitrogens is 1. The number of nitrogens with zero attached hydrogens (tertiary/aromatic N) is 3. The average Bonchev–Trinajstić information content (AvgIpc) is 3.41. The summed E-state index contributed by atoms with van der Waals surface area (Å²) >= 11 is 7.37. The standard InChI is InChI=1S/C37H27I2N3O4S2/c1-3-45-36(44)31-32(23-9-5-4-6-10-23)41-37-42(33(31)24-13-15-27(47-2)16-14-24)35(43)30(48-37)19-22-17-28(38)34(29(39)18-22)46-21-26-12-8-7-11-25(26)20-40/h4-19,33H,3,21H2,1-2H3/b30-19-/t33-/m0/s1. The molecule has 0 fully saturated rings. The van der Waals surface area contributed by atoms with E-state index in [0.29, 0.717) is 31.9 Å². The molecule has 0 bridgehead atoms. The van der Waals surface area contributed by atoms with Gasteiger partial charge in [0.1, 0.15) is 12.4 Å². The van der Waals surface area contributed by atoms with Gasteiger partial charge in [-0.05, 0) is 106 Å². The van der Waals surface area contributed by atoms with Crippen molar-refractivity contribution < 1.29 is 14.3 Å². The SMILES string of the molecule is CCOC(=O)C1=C(c2ccccc2)N=c2s/c(=C\c3cc(I)c(OCc4ccccc4C#N)c(I)c3)c(=O)n2[C@H]1c1ccc(SC)cc1. The van der Waals surface area contributed by atoms with Gasteiger partial charge in [0.05, 0.1) is 47.2 Å². The molecule has 4 aromatic carbocycles. The number of ether oxygens (including phenoxy) is 2. The Bertz CT molecular complexity index is 2250. The van der Waals surface area contributed by atoms with Gasteiger partial charge in [0.25, 0.3) is 5.56 Å². The number of carbonyl (C=O) groups is 1. The summed E-state index contributed by atoms with van der Waals surface area (Å²) in [6.45, 7) is 2.22. The summed E-state index contributed by atoms with van der Waals surface area (Å²) in [6.07, 6.45) is 3.86. The van der Waals surface area contributed by atoms with E-state index in [1.165, 1.54) is 11.3 Å². The molecule has 5 aromatic rings. The van der Waals surface area contributed by atoms with Crippen LogP contribution in [0, 0.1) is 18.5 Å². The number of halogens is 2. The van der Waals surface area contributed by atoms with Crippen LogP contribution in [-0.2, 0) is 16.1 Å². The number of fused-ring (bicyclic) bond motifs is 1. The summed E-state index contributed by atoms with van der Waals surface area (Å²) < 4.78 is 15.6. The van der Waals surface area contributed by atoms with Crippen LogP contribution >= 0.6 is 68.3 Å². The highest BCUT2D eigenvalue weighted by Gasteiger charge is 2.35. The van der Waals surface area contributed by atoms with E-state index >= 15 is 0 Å². The van der Waals surface area contributed by atoms with Gasteiger partial charge < -0.3 is 9.47 Å².